The molecule has 1 saturated heterocycles. The third-order valence-electron chi connectivity index (χ3n) is 6.86. The number of carbonyl (C=O) groups excluding carboxylic acids is 3. The summed E-state index contributed by atoms with van der Waals surface area (Å²) in [6, 6.07) is 9.21. The lowest BCUT2D eigenvalue weighted by molar-refractivity contribution is -0.143. The Morgan fingerprint density at radius 2 is 2.03 bits per heavy atom. The Labute approximate surface area is 213 Å². The Morgan fingerprint density at radius 3 is 2.80 bits per heavy atom. The Bertz CT molecular complexity index is 1360. The molecule has 8 nitrogen and oxygen atoms in total. The molecular weight excluding hydrogens is 541 g/mol. The molecule has 3 atom stereocenters. The van der Waals surface area contributed by atoms with Gasteiger partial charge in [-0.05, 0) is 49.4 Å². The van der Waals surface area contributed by atoms with Crippen molar-refractivity contribution in [2.45, 2.75) is 44.4 Å². The van der Waals surface area contributed by atoms with Crippen LogP contribution in [0.3, 0.4) is 0 Å². The number of piperidine rings is 1. The maximum Gasteiger partial charge on any atom is 0.269 e. The third-order valence-corrected chi connectivity index (χ3v) is 7.64. The monoisotopic (exact) mass is 561 g/mol. The molecule has 2 fully saturated rings. The van der Waals surface area contributed by atoms with Gasteiger partial charge in [0.15, 0.2) is 5.69 Å². The molecule has 0 radical (unpaired) electrons. The van der Waals surface area contributed by atoms with E-state index in [1.165, 1.54) is 10.7 Å². The van der Waals surface area contributed by atoms with Gasteiger partial charge >= 0.3 is 0 Å². The fraction of sp³-hybridized carbons (Fsp3) is 0.333. The molecule has 3 aromatic rings. The first-order valence-corrected chi connectivity index (χ1v) is 12.4. The van der Waals surface area contributed by atoms with Crippen LogP contribution in [0.25, 0.3) is 10.9 Å². The second-order valence-corrected chi connectivity index (χ2v) is 10.3. The van der Waals surface area contributed by atoms with Gasteiger partial charge in [-0.25, -0.2) is 4.39 Å². The molecule has 2 aromatic carbocycles. The molecule has 11 heteroatoms. The van der Waals surface area contributed by atoms with Gasteiger partial charge in [-0.3, -0.25) is 19.1 Å². The smallest absolute Gasteiger partial charge is 0.269 e. The number of primary amides is 1. The van der Waals surface area contributed by atoms with Crippen molar-refractivity contribution in [3.05, 3.63) is 63.0 Å². The van der Waals surface area contributed by atoms with Crippen LogP contribution in [-0.2, 0) is 22.7 Å². The number of aromatic nitrogens is 2. The molecule has 5 rings (SSSR count). The van der Waals surface area contributed by atoms with Gasteiger partial charge in [0.1, 0.15) is 18.4 Å². The molecule has 2 bridgehead atoms. The van der Waals surface area contributed by atoms with Crippen LogP contribution < -0.4 is 11.1 Å². The normalized spacial score (nSPS) is 21.0. The molecule has 2 aliphatic rings. The average molecular weight is 563 g/mol. The van der Waals surface area contributed by atoms with Crippen molar-refractivity contribution < 1.29 is 18.8 Å². The van der Waals surface area contributed by atoms with Crippen molar-refractivity contribution in [2.24, 2.45) is 11.7 Å². The van der Waals surface area contributed by atoms with Crippen LogP contribution >= 0.6 is 27.5 Å². The van der Waals surface area contributed by atoms with Crippen molar-refractivity contribution >= 4 is 56.2 Å². The highest BCUT2D eigenvalue weighted by Crippen LogP contribution is 2.42. The van der Waals surface area contributed by atoms with Crippen LogP contribution in [-0.4, -0.2) is 44.5 Å². The van der Waals surface area contributed by atoms with Crippen LogP contribution in [0.4, 0.5) is 4.39 Å². The topological polar surface area (TPSA) is 110 Å². The first-order chi connectivity index (χ1) is 16.7. The summed E-state index contributed by atoms with van der Waals surface area (Å²) in [4.78, 5) is 40.2. The fourth-order valence-corrected chi connectivity index (χ4v) is 5.88. The van der Waals surface area contributed by atoms with E-state index in [-0.39, 0.29) is 53.1 Å². The zero-order valence-corrected chi connectivity index (χ0v) is 20.9. The van der Waals surface area contributed by atoms with Crippen molar-refractivity contribution in [2.75, 3.05) is 0 Å². The number of amides is 3. The highest BCUT2D eigenvalue weighted by molar-refractivity contribution is 9.10. The summed E-state index contributed by atoms with van der Waals surface area (Å²) in [6.45, 7) is -0.164. The van der Waals surface area contributed by atoms with Gasteiger partial charge in [-0.2, -0.15) is 5.10 Å². The molecule has 1 saturated carbocycles. The fourth-order valence-electron chi connectivity index (χ4n) is 5.32. The Morgan fingerprint density at radius 1 is 1.23 bits per heavy atom. The molecule has 1 aliphatic carbocycles. The minimum absolute atomic E-state index is 0.0118. The van der Waals surface area contributed by atoms with Gasteiger partial charge < -0.3 is 16.0 Å². The predicted molar refractivity (Wildman–Crippen MR) is 131 cm³/mol. The lowest BCUT2D eigenvalue weighted by Crippen LogP contribution is -2.53. The van der Waals surface area contributed by atoms with Crippen LogP contribution in [0, 0.1) is 11.7 Å². The number of likely N-dealkylation sites (tertiary alicyclic amines) is 1. The second-order valence-electron chi connectivity index (χ2n) is 8.94. The van der Waals surface area contributed by atoms with Gasteiger partial charge in [0.25, 0.3) is 5.91 Å². The standard InChI is InChI=1S/C24H22BrClFN5O3/c25-14-5-7-18-16(9-14)21(23(28)34)30-31(18)11-19(33)32-15-6-4-12(8-15)22(32)24(35)29-10-13-2-1-3-17(26)20(13)27/h1-3,5,7,9,12,15,22H,4,6,8,10-11H2,(H2,28,34)(H,29,35)/t12-,15+,22-/m0/s1. The summed E-state index contributed by atoms with van der Waals surface area (Å²) in [5.74, 6) is -1.81. The summed E-state index contributed by atoms with van der Waals surface area (Å²) in [5.41, 5.74) is 6.45. The summed E-state index contributed by atoms with van der Waals surface area (Å²) in [5, 5.41) is 7.59. The number of rotatable bonds is 6. The van der Waals surface area contributed by atoms with E-state index >= 15 is 0 Å². The van der Waals surface area contributed by atoms with Crippen molar-refractivity contribution in [1.82, 2.24) is 20.0 Å². The number of nitrogens with zero attached hydrogens (tertiary/aromatic N) is 3. The van der Waals surface area contributed by atoms with Crippen LogP contribution in [0.1, 0.15) is 35.3 Å². The molecular formula is C24H22BrClFN5O3. The zero-order valence-electron chi connectivity index (χ0n) is 18.5. The van der Waals surface area contributed by atoms with Gasteiger partial charge in [-0.1, -0.05) is 39.7 Å². The van der Waals surface area contributed by atoms with E-state index in [1.54, 1.807) is 35.2 Å². The van der Waals surface area contributed by atoms with Crippen molar-refractivity contribution in [1.29, 1.82) is 0 Å². The highest BCUT2D eigenvalue weighted by Gasteiger charge is 2.51. The van der Waals surface area contributed by atoms with E-state index in [4.69, 9.17) is 17.3 Å². The van der Waals surface area contributed by atoms with Gasteiger partial charge in [0, 0.05) is 28.0 Å². The number of nitrogens with two attached hydrogens (primary N) is 1. The quantitative estimate of drug-likeness (QED) is 0.480. The number of hydrogen-bond acceptors (Lipinski definition) is 4. The maximum atomic E-state index is 14.2. The zero-order chi connectivity index (χ0) is 24.9. The number of hydrogen-bond donors (Lipinski definition) is 2. The van der Waals surface area contributed by atoms with Crippen LogP contribution in [0.2, 0.25) is 5.02 Å². The summed E-state index contributed by atoms with van der Waals surface area (Å²) >= 11 is 9.22. The molecule has 1 aromatic heterocycles. The third kappa shape index (κ3) is 4.29. The number of fused-ring (bicyclic) bond motifs is 3. The van der Waals surface area contributed by atoms with Crippen LogP contribution in [0.5, 0.6) is 0 Å². The minimum Gasteiger partial charge on any atom is -0.364 e. The summed E-state index contributed by atoms with van der Waals surface area (Å²) < 4.78 is 16.4. The number of benzene rings is 2. The Hall–Kier alpha value is -2.98. The highest BCUT2D eigenvalue weighted by atomic mass is 79.9. The van der Waals surface area contributed by atoms with Gasteiger partial charge in [-0.15, -0.1) is 0 Å². The largest absolute Gasteiger partial charge is 0.364 e. The van der Waals surface area contributed by atoms with E-state index in [0.717, 1.165) is 23.7 Å². The summed E-state index contributed by atoms with van der Waals surface area (Å²) in [6.07, 6.45) is 2.42. The molecule has 0 spiro atoms. The SMILES string of the molecule is NC(=O)c1nn(CC(=O)N2[C@@H]3CC[C@@H](C3)[C@H]2C(=O)NCc2cccc(Cl)c2F)c2ccc(Br)cc12. The average Bonchev–Trinajstić information content (AvgIpc) is 3.53. The van der Waals surface area contributed by atoms with Crippen molar-refractivity contribution in [3.63, 3.8) is 0 Å². The number of nitrogens with one attached hydrogen (secondary N) is 1. The predicted octanol–water partition coefficient (Wildman–Crippen LogP) is 3.39. The Kier molecular flexibility index (Phi) is 6.27. The second kappa shape index (κ2) is 9.23. The minimum atomic E-state index is -0.690. The lowest BCUT2D eigenvalue weighted by atomic mass is 9.97. The van der Waals surface area contributed by atoms with E-state index in [0.29, 0.717) is 10.9 Å². The van der Waals surface area contributed by atoms with E-state index in [9.17, 15) is 18.8 Å². The van der Waals surface area contributed by atoms with E-state index < -0.39 is 17.8 Å². The summed E-state index contributed by atoms with van der Waals surface area (Å²) in [7, 11) is 0. The van der Waals surface area contributed by atoms with E-state index in [2.05, 4.69) is 26.3 Å². The molecule has 182 valence electrons. The van der Waals surface area contributed by atoms with Gasteiger partial charge in [0.05, 0.1) is 10.5 Å². The number of halogens is 3. The van der Waals surface area contributed by atoms with E-state index in [1.807, 2.05) is 0 Å². The Balaban J connectivity index is 1.37. The molecule has 3 amide bonds. The molecule has 2 heterocycles. The molecule has 3 N–H and O–H groups in total. The van der Waals surface area contributed by atoms with Gasteiger partial charge in [0.2, 0.25) is 11.8 Å². The number of carbonyl (C=O) groups is 3. The van der Waals surface area contributed by atoms with Crippen molar-refractivity contribution in [3.8, 4) is 0 Å². The molecule has 35 heavy (non-hydrogen) atoms. The first kappa shape index (κ1) is 23.7. The molecule has 1 aliphatic heterocycles. The lowest BCUT2D eigenvalue weighted by Gasteiger charge is -2.34. The maximum absolute atomic E-state index is 14.2. The molecule has 0 unspecified atom stereocenters. The van der Waals surface area contributed by atoms with Crippen LogP contribution in [0.15, 0.2) is 40.9 Å². The first-order valence-electron chi connectivity index (χ1n) is 11.2.